The molecule has 0 radical (unpaired) electrons. The molecule has 5 nitrogen and oxygen atoms in total. The van der Waals surface area contributed by atoms with Crippen LogP contribution in [0.3, 0.4) is 0 Å². The van der Waals surface area contributed by atoms with Gasteiger partial charge in [-0.1, -0.05) is 11.6 Å². The van der Waals surface area contributed by atoms with Crippen LogP contribution in [-0.2, 0) is 9.84 Å². The Morgan fingerprint density at radius 2 is 2.11 bits per heavy atom. The van der Waals surface area contributed by atoms with Gasteiger partial charge >= 0.3 is 0 Å². The summed E-state index contributed by atoms with van der Waals surface area (Å²) in [5.41, 5.74) is 0.815. The standard InChI is InChI=1S/C11H9ClN2O3S/c1-18(16,17)10-5-13-14(6-10)11-4-9(12)3-2-8(11)7-15/h2-7H,1H3. The molecule has 2 aromatic rings. The van der Waals surface area contributed by atoms with E-state index in [1.165, 1.54) is 17.1 Å². The smallest absolute Gasteiger partial charge is 0.178 e. The summed E-state index contributed by atoms with van der Waals surface area (Å²) in [6.45, 7) is 0. The lowest BCUT2D eigenvalue weighted by molar-refractivity contribution is 0.112. The van der Waals surface area contributed by atoms with Crippen molar-refractivity contribution in [2.45, 2.75) is 4.90 Å². The van der Waals surface area contributed by atoms with Crippen LogP contribution < -0.4 is 0 Å². The molecule has 0 unspecified atom stereocenters. The van der Waals surface area contributed by atoms with Crippen LogP contribution in [0, 0.1) is 0 Å². The molecule has 94 valence electrons. The largest absolute Gasteiger partial charge is 0.298 e. The summed E-state index contributed by atoms with van der Waals surface area (Å²) in [6, 6.07) is 4.67. The number of nitrogens with zero attached hydrogens (tertiary/aromatic N) is 2. The molecule has 0 saturated carbocycles. The first kappa shape index (κ1) is 12.8. The summed E-state index contributed by atoms with van der Waals surface area (Å²) < 4.78 is 24.0. The van der Waals surface area contributed by atoms with Gasteiger partial charge in [0.1, 0.15) is 4.90 Å². The average molecular weight is 285 g/mol. The third-order valence-electron chi connectivity index (χ3n) is 2.35. The lowest BCUT2D eigenvalue weighted by atomic mass is 10.2. The Bertz CT molecular complexity index is 707. The molecule has 18 heavy (non-hydrogen) atoms. The van der Waals surface area contributed by atoms with Crippen LogP contribution in [0.5, 0.6) is 0 Å². The van der Waals surface area contributed by atoms with E-state index in [-0.39, 0.29) is 4.90 Å². The summed E-state index contributed by atoms with van der Waals surface area (Å²) >= 11 is 5.85. The zero-order chi connectivity index (χ0) is 13.3. The molecular weight excluding hydrogens is 276 g/mol. The first-order valence-corrected chi connectivity index (χ1v) is 7.18. The van der Waals surface area contributed by atoms with Crippen LogP contribution in [-0.4, -0.2) is 30.7 Å². The van der Waals surface area contributed by atoms with E-state index >= 15 is 0 Å². The van der Waals surface area contributed by atoms with Gasteiger partial charge in [0.05, 0.1) is 11.9 Å². The molecule has 0 aliphatic rings. The first-order valence-electron chi connectivity index (χ1n) is 4.91. The molecule has 0 N–H and O–H groups in total. The second-order valence-electron chi connectivity index (χ2n) is 3.71. The van der Waals surface area contributed by atoms with Crippen LogP contribution in [0.15, 0.2) is 35.5 Å². The molecule has 0 fully saturated rings. The second kappa shape index (κ2) is 4.55. The highest BCUT2D eigenvalue weighted by atomic mass is 35.5. The number of hydrogen-bond acceptors (Lipinski definition) is 4. The van der Waals surface area contributed by atoms with Gasteiger partial charge in [0.25, 0.3) is 0 Å². The molecule has 0 aliphatic carbocycles. The zero-order valence-corrected chi connectivity index (χ0v) is 10.9. The van der Waals surface area contributed by atoms with E-state index in [1.54, 1.807) is 18.2 Å². The SMILES string of the molecule is CS(=O)(=O)c1cnn(-c2cc(Cl)ccc2C=O)c1. The fourth-order valence-corrected chi connectivity index (χ4v) is 2.14. The molecule has 1 aromatic carbocycles. The highest BCUT2D eigenvalue weighted by Crippen LogP contribution is 2.19. The molecular formula is C11H9ClN2O3S. The maximum absolute atomic E-state index is 11.3. The predicted molar refractivity (Wildman–Crippen MR) is 67.1 cm³/mol. The number of carbonyl (C=O) groups is 1. The normalized spacial score (nSPS) is 11.4. The van der Waals surface area contributed by atoms with Gasteiger partial charge in [-0.2, -0.15) is 5.10 Å². The van der Waals surface area contributed by atoms with Crippen molar-refractivity contribution in [2.75, 3.05) is 6.26 Å². The van der Waals surface area contributed by atoms with Gasteiger partial charge in [-0.15, -0.1) is 0 Å². The molecule has 0 atom stereocenters. The van der Waals surface area contributed by atoms with Crippen molar-refractivity contribution in [2.24, 2.45) is 0 Å². The minimum absolute atomic E-state index is 0.0827. The summed E-state index contributed by atoms with van der Waals surface area (Å²) in [4.78, 5) is 11.0. The van der Waals surface area contributed by atoms with Crippen LogP contribution in [0.4, 0.5) is 0 Å². The van der Waals surface area contributed by atoms with E-state index in [0.717, 1.165) is 6.26 Å². The van der Waals surface area contributed by atoms with Gasteiger partial charge in [0, 0.05) is 23.0 Å². The van der Waals surface area contributed by atoms with Crippen LogP contribution in [0.2, 0.25) is 5.02 Å². The monoisotopic (exact) mass is 284 g/mol. The van der Waals surface area contributed by atoms with Crippen molar-refractivity contribution in [3.63, 3.8) is 0 Å². The Morgan fingerprint density at radius 3 is 2.67 bits per heavy atom. The molecule has 0 bridgehead atoms. The fraction of sp³-hybridized carbons (Fsp3) is 0.0909. The summed E-state index contributed by atoms with van der Waals surface area (Å²) in [6.07, 6.45) is 4.32. The van der Waals surface area contributed by atoms with Gasteiger partial charge in [-0.05, 0) is 18.2 Å². The lowest BCUT2D eigenvalue weighted by Gasteiger charge is -2.04. The van der Waals surface area contributed by atoms with Crippen LogP contribution in [0.25, 0.3) is 5.69 Å². The molecule has 0 spiro atoms. The number of rotatable bonds is 3. The molecule has 1 heterocycles. The van der Waals surface area contributed by atoms with Gasteiger partial charge in [-0.3, -0.25) is 4.79 Å². The van der Waals surface area contributed by atoms with Crippen LogP contribution in [0.1, 0.15) is 10.4 Å². The van der Waals surface area contributed by atoms with Gasteiger partial charge in [-0.25, -0.2) is 13.1 Å². The molecule has 0 amide bonds. The molecule has 0 saturated heterocycles. The molecule has 0 aliphatic heterocycles. The Kier molecular flexibility index (Phi) is 3.23. The number of sulfone groups is 1. The quantitative estimate of drug-likeness (QED) is 0.805. The van der Waals surface area contributed by atoms with Gasteiger partial charge in [0.15, 0.2) is 16.1 Å². The third kappa shape index (κ3) is 2.44. The van der Waals surface area contributed by atoms with Crippen molar-refractivity contribution in [3.05, 3.63) is 41.2 Å². The van der Waals surface area contributed by atoms with E-state index in [4.69, 9.17) is 11.6 Å². The van der Waals surface area contributed by atoms with Crippen LogP contribution >= 0.6 is 11.6 Å². The predicted octanol–water partition coefficient (Wildman–Crippen LogP) is 1.74. The van der Waals surface area contributed by atoms with Crippen molar-refractivity contribution < 1.29 is 13.2 Å². The zero-order valence-electron chi connectivity index (χ0n) is 9.37. The van der Waals surface area contributed by atoms with Gasteiger partial charge < -0.3 is 0 Å². The van der Waals surface area contributed by atoms with Crippen molar-refractivity contribution >= 4 is 27.7 Å². The Balaban J connectivity index is 2.59. The summed E-state index contributed by atoms with van der Waals surface area (Å²) in [5, 5.41) is 4.36. The molecule has 1 aromatic heterocycles. The fourth-order valence-electron chi connectivity index (χ4n) is 1.44. The maximum Gasteiger partial charge on any atom is 0.178 e. The van der Waals surface area contributed by atoms with E-state index < -0.39 is 9.84 Å². The van der Waals surface area contributed by atoms with Gasteiger partial charge in [0.2, 0.25) is 0 Å². The summed E-state index contributed by atoms with van der Waals surface area (Å²) in [5.74, 6) is 0. The van der Waals surface area contributed by atoms with Crippen molar-refractivity contribution in [3.8, 4) is 5.69 Å². The number of hydrogen-bond donors (Lipinski definition) is 0. The number of aromatic nitrogens is 2. The average Bonchev–Trinajstić information content (AvgIpc) is 2.77. The van der Waals surface area contributed by atoms with E-state index in [0.29, 0.717) is 22.6 Å². The number of benzene rings is 1. The van der Waals surface area contributed by atoms with E-state index in [2.05, 4.69) is 5.10 Å². The van der Waals surface area contributed by atoms with E-state index in [9.17, 15) is 13.2 Å². The number of carbonyl (C=O) groups excluding carboxylic acids is 1. The minimum atomic E-state index is -3.32. The second-order valence-corrected chi connectivity index (χ2v) is 6.17. The highest BCUT2D eigenvalue weighted by molar-refractivity contribution is 7.90. The van der Waals surface area contributed by atoms with Crippen molar-refractivity contribution in [1.29, 1.82) is 0 Å². The number of halogens is 1. The Morgan fingerprint density at radius 1 is 1.39 bits per heavy atom. The number of aldehydes is 1. The van der Waals surface area contributed by atoms with Crippen molar-refractivity contribution in [1.82, 2.24) is 9.78 Å². The van der Waals surface area contributed by atoms with E-state index in [1.807, 2.05) is 0 Å². The third-order valence-corrected chi connectivity index (χ3v) is 3.66. The highest BCUT2D eigenvalue weighted by Gasteiger charge is 2.12. The topological polar surface area (TPSA) is 69.0 Å². The molecule has 7 heteroatoms. The Labute approximate surface area is 109 Å². The minimum Gasteiger partial charge on any atom is -0.298 e. The molecule has 2 rings (SSSR count). The first-order chi connectivity index (χ1) is 8.41. The Hall–Kier alpha value is -1.66. The lowest BCUT2D eigenvalue weighted by Crippen LogP contribution is -2.00. The maximum atomic E-state index is 11.3. The summed E-state index contributed by atoms with van der Waals surface area (Å²) in [7, 11) is -3.32.